The topological polar surface area (TPSA) is 102 Å². The lowest BCUT2D eigenvalue weighted by atomic mass is 10.1. The SMILES string of the molecule is CC1Oc2ccc(NC(=O)C3(S(=O)(=O)c4ccc(Br)cc4)CCCC3)cc2NC1=O. The number of nitrogens with one attached hydrogen (secondary N) is 2. The summed E-state index contributed by atoms with van der Waals surface area (Å²) in [5.74, 6) is -0.339. The van der Waals surface area contributed by atoms with Crippen LogP contribution in [0.4, 0.5) is 11.4 Å². The van der Waals surface area contributed by atoms with Gasteiger partial charge in [0.15, 0.2) is 20.7 Å². The molecule has 158 valence electrons. The second kappa shape index (κ2) is 7.70. The summed E-state index contributed by atoms with van der Waals surface area (Å²) < 4.78 is 31.7. The summed E-state index contributed by atoms with van der Waals surface area (Å²) in [4.78, 5) is 25.3. The number of carbonyl (C=O) groups is 2. The Balaban J connectivity index is 1.64. The molecule has 1 aliphatic heterocycles. The average molecular weight is 493 g/mol. The fraction of sp³-hybridized carbons (Fsp3) is 0.333. The fourth-order valence-corrected chi connectivity index (χ4v) is 6.27. The first kappa shape index (κ1) is 20.9. The van der Waals surface area contributed by atoms with Crippen LogP contribution in [0.3, 0.4) is 0 Å². The Morgan fingerprint density at radius 2 is 1.83 bits per heavy atom. The minimum atomic E-state index is -3.90. The van der Waals surface area contributed by atoms with E-state index >= 15 is 0 Å². The smallest absolute Gasteiger partial charge is 0.265 e. The van der Waals surface area contributed by atoms with E-state index in [2.05, 4.69) is 26.6 Å². The summed E-state index contributed by atoms with van der Waals surface area (Å²) in [6.45, 7) is 1.64. The van der Waals surface area contributed by atoms with E-state index in [0.29, 0.717) is 30.0 Å². The zero-order valence-electron chi connectivity index (χ0n) is 16.3. The number of rotatable bonds is 4. The van der Waals surface area contributed by atoms with Crippen molar-refractivity contribution in [2.75, 3.05) is 10.6 Å². The maximum absolute atomic E-state index is 13.5. The van der Waals surface area contributed by atoms with Gasteiger partial charge in [0.25, 0.3) is 5.91 Å². The summed E-state index contributed by atoms with van der Waals surface area (Å²) in [6.07, 6.45) is 1.25. The lowest BCUT2D eigenvalue weighted by molar-refractivity contribution is -0.122. The molecule has 7 nitrogen and oxygen atoms in total. The first-order chi connectivity index (χ1) is 14.2. The molecule has 2 N–H and O–H groups in total. The molecule has 1 aliphatic carbocycles. The van der Waals surface area contributed by atoms with Crippen molar-refractivity contribution in [1.29, 1.82) is 0 Å². The van der Waals surface area contributed by atoms with Gasteiger partial charge in [-0.05, 0) is 62.2 Å². The third-order valence-corrected chi connectivity index (χ3v) is 8.68. The van der Waals surface area contributed by atoms with E-state index in [1.807, 2.05) is 0 Å². The van der Waals surface area contributed by atoms with E-state index in [1.165, 1.54) is 12.1 Å². The van der Waals surface area contributed by atoms with E-state index in [9.17, 15) is 18.0 Å². The molecule has 9 heteroatoms. The number of amides is 2. The van der Waals surface area contributed by atoms with Gasteiger partial charge in [0, 0.05) is 10.2 Å². The van der Waals surface area contributed by atoms with Gasteiger partial charge in [-0.15, -0.1) is 0 Å². The second-order valence-corrected chi connectivity index (χ2v) is 10.7. The van der Waals surface area contributed by atoms with Gasteiger partial charge in [0.2, 0.25) is 5.91 Å². The first-order valence-electron chi connectivity index (χ1n) is 9.66. The zero-order chi connectivity index (χ0) is 21.5. The zero-order valence-corrected chi connectivity index (χ0v) is 18.7. The van der Waals surface area contributed by atoms with Crippen molar-refractivity contribution in [3.05, 3.63) is 46.9 Å². The number of halogens is 1. The van der Waals surface area contributed by atoms with E-state index < -0.39 is 26.6 Å². The second-order valence-electron chi connectivity index (χ2n) is 7.57. The van der Waals surface area contributed by atoms with E-state index in [4.69, 9.17) is 4.74 Å². The Morgan fingerprint density at radius 1 is 1.17 bits per heavy atom. The average Bonchev–Trinajstić information content (AvgIpc) is 3.21. The highest BCUT2D eigenvalue weighted by Crippen LogP contribution is 2.42. The summed E-state index contributed by atoms with van der Waals surface area (Å²) in [5, 5.41) is 5.48. The number of ether oxygens (including phenoxy) is 1. The van der Waals surface area contributed by atoms with Crippen LogP contribution in [0.15, 0.2) is 51.8 Å². The Kier molecular flexibility index (Phi) is 5.36. The van der Waals surface area contributed by atoms with Gasteiger partial charge < -0.3 is 15.4 Å². The van der Waals surface area contributed by atoms with E-state index in [-0.39, 0.29) is 23.6 Å². The number of fused-ring (bicyclic) bond motifs is 1. The Hall–Kier alpha value is -2.39. The number of anilines is 2. The van der Waals surface area contributed by atoms with Crippen molar-refractivity contribution in [2.45, 2.75) is 48.4 Å². The minimum absolute atomic E-state index is 0.128. The molecule has 0 aromatic heterocycles. The number of sulfone groups is 1. The summed E-state index contributed by atoms with van der Waals surface area (Å²) in [6, 6.07) is 11.2. The van der Waals surface area contributed by atoms with Gasteiger partial charge >= 0.3 is 0 Å². The highest BCUT2D eigenvalue weighted by Gasteiger charge is 2.53. The van der Waals surface area contributed by atoms with Gasteiger partial charge in [0.05, 0.1) is 10.6 Å². The third kappa shape index (κ3) is 3.50. The molecule has 2 amide bonds. The maximum atomic E-state index is 13.5. The van der Waals surface area contributed by atoms with Crippen LogP contribution in [0.2, 0.25) is 0 Å². The lowest BCUT2D eigenvalue weighted by Gasteiger charge is -2.28. The van der Waals surface area contributed by atoms with Crippen LogP contribution in [0.25, 0.3) is 0 Å². The van der Waals surface area contributed by atoms with Crippen LogP contribution < -0.4 is 15.4 Å². The quantitative estimate of drug-likeness (QED) is 0.673. The molecule has 30 heavy (non-hydrogen) atoms. The normalized spacial score (nSPS) is 20.1. The molecule has 2 aliphatic rings. The lowest BCUT2D eigenvalue weighted by Crippen LogP contribution is -2.47. The van der Waals surface area contributed by atoms with Crippen LogP contribution >= 0.6 is 15.9 Å². The Labute approximate surface area is 183 Å². The molecule has 0 bridgehead atoms. The predicted octanol–water partition coefficient (Wildman–Crippen LogP) is 3.89. The van der Waals surface area contributed by atoms with E-state index in [0.717, 1.165) is 4.47 Å². The molecular weight excluding hydrogens is 472 g/mol. The molecule has 1 fully saturated rings. The third-order valence-electron chi connectivity index (χ3n) is 5.63. The first-order valence-corrected chi connectivity index (χ1v) is 11.9. The summed E-state index contributed by atoms with van der Waals surface area (Å²) >= 11 is 3.31. The molecule has 1 unspecified atom stereocenters. The van der Waals surface area contributed by atoms with Gasteiger partial charge in [0.1, 0.15) is 5.75 Å². The Morgan fingerprint density at radius 3 is 2.50 bits per heavy atom. The van der Waals surface area contributed by atoms with Crippen LogP contribution in [0.5, 0.6) is 5.75 Å². The molecule has 0 saturated heterocycles. The van der Waals surface area contributed by atoms with Crippen LogP contribution in [0.1, 0.15) is 32.6 Å². The predicted molar refractivity (Wildman–Crippen MR) is 116 cm³/mol. The molecule has 1 saturated carbocycles. The molecule has 0 radical (unpaired) electrons. The fourth-order valence-electron chi connectivity index (χ4n) is 3.93. The van der Waals surface area contributed by atoms with Crippen molar-refractivity contribution >= 4 is 49.0 Å². The molecular formula is C21H21BrN2O5S. The van der Waals surface area contributed by atoms with E-state index in [1.54, 1.807) is 37.3 Å². The number of benzene rings is 2. The summed E-state index contributed by atoms with van der Waals surface area (Å²) in [5.41, 5.74) is 0.835. The van der Waals surface area contributed by atoms with Crippen molar-refractivity contribution in [2.24, 2.45) is 0 Å². The highest BCUT2D eigenvalue weighted by molar-refractivity contribution is 9.10. The van der Waals surface area contributed by atoms with Crippen LogP contribution in [-0.4, -0.2) is 31.1 Å². The molecule has 2 aromatic rings. The molecule has 2 aromatic carbocycles. The van der Waals surface area contributed by atoms with Crippen molar-refractivity contribution in [3.63, 3.8) is 0 Å². The molecule has 4 rings (SSSR count). The standard InChI is InChI=1S/C21H21BrN2O5S/c1-13-19(25)24-17-12-15(6-9-18(17)29-13)23-20(26)21(10-2-3-11-21)30(27,28)16-7-4-14(22)5-8-16/h4-9,12-13H,2-3,10-11H2,1H3,(H,23,26)(H,24,25). The molecule has 1 heterocycles. The van der Waals surface area contributed by atoms with Gasteiger partial charge in [-0.2, -0.15) is 0 Å². The van der Waals surface area contributed by atoms with Gasteiger partial charge in [-0.25, -0.2) is 8.42 Å². The van der Waals surface area contributed by atoms with Crippen LogP contribution in [0, 0.1) is 0 Å². The largest absolute Gasteiger partial charge is 0.479 e. The highest BCUT2D eigenvalue weighted by atomic mass is 79.9. The van der Waals surface area contributed by atoms with Gasteiger partial charge in [-0.3, -0.25) is 9.59 Å². The summed E-state index contributed by atoms with van der Waals surface area (Å²) in [7, 11) is -3.90. The van der Waals surface area contributed by atoms with Crippen LogP contribution in [-0.2, 0) is 19.4 Å². The number of carbonyl (C=O) groups excluding carboxylic acids is 2. The van der Waals surface area contributed by atoms with Crippen molar-refractivity contribution < 1.29 is 22.7 Å². The number of hydrogen-bond acceptors (Lipinski definition) is 5. The van der Waals surface area contributed by atoms with Crippen molar-refractivity contribution in [1.82, 2.24) is 0 Å². The Bertz CT molecular complexity index is 1110. The maximum Gasteiger partial charge on any atom is 0.265 e. The van der Waals surface area contributed by atoms with Gasteiger partial charge in [-0.1, -0.05) is 28.8 Å². The molecule has 1 atom stereocenters. The minimum Gasteiger partial charge on any atom is -0.479 e. The molecule has 0 spiro atoms. The van der Waals surface area contributed by atoms with Crippen molar-refractivity contribution in [3.8, 4) is 5.75 Å². The monoisotopic (exact) mass is 492 g/mol. The number of hydrogen-bond donors (Lipinski definition) is 2.